The minimum atomic E-state index is -0.565. The molecule has 0 saturated carbocycles. The number of thiocarbonyl (C=S) groups is 1. The van der Waals surface area contributed by atoms with Crippen LogP contribution in [0.5, 0.6) is 0 Å². The van der Waals surface area contributed by atoms with Crippen LogP contribution in [0.4, 0.5) is 5.69 Å². The standard InChI is InChI=1S/C16H13ClN4O4S/c17-12-5-1-10(2-6-12)9-14(22)19-20-16(26)18-15(23)11-3-7-13(8-4-11)21(24)25/h1-8H,9H2,(H,19,22)(H2,18,20,23,26). The molecule has 2 aromatic carbocycles. The van der Waals surface area contributed by atoms with Gasteiger partial charge in [0.25, 0.3) is 11.6 Å². The largest absolute Gasteiger partial charge is 0.298 e. The molecule has 2 amide bonds. The molecule has 2 rings (SSSR count). The van der Waals surface area contributed by atoms with Gasteiger partial charge >= 0.3 is 0 Å². The fourth-order valence-electron chi connectivity index (χ4n) is 1.90. The normalized spacial score (nSPS) is 9.88. The highest BCUT2D eigenvalue weighted by molar-refractivity contribution is 7.80. The smallest absolute Gasteiger partial charge is 0.269 e. The van der Waals surface area contributed by atoms with Gasteiger partial charge in [0.15, 0.2) is 5.11 Å². The van der Waals surface area contributed by atoms with Gasteiger partial charge in [0.1, 0.15) is 0 Å². The number of carbonyl (C=O) groups excluding carboxylic acids is 2. The van der Waals surface area contributed by atoms with Crippen LogP contribution in [0.1, 0.15) is 15.9 Å². The second-order valence-electron chi connectivity index (χ2n) is 5.06. The summed E-state index contributed by atoms with van der Waals surface area (Å²) in [5, 5.41) is 13.4. The maximum Gasteiger partial charge on any atom is 0.269 e. The maximum atomic E-state index is 12.0. The van der Waals surface area contributed by atoms with Crippen LogP contribution in [0.3, 0.4) is 0 Å². The van der Waals surface area contributed by atoms with Crippen molar-refractivity contribution in [2.75, 3.05) is 0 Å². The van der Waals surface area contributed by atoms with Crippen LogP contribution in [0.15, 0.2) is 48.5 Å². The number of hydrogen-bond acceptors (Lipinski definition) is 5. The van der Waals surface area contributed by atoms with E-state index in [1.807, 2.05) is 0 Å². The van der Waals surface area contributed by atoms with E-state index >= 15 is 0 Å². The van der Waals surface area contributed by atoms with Gasteiger partial charge in [0, 0.05) is 22.7 Å². The number of benzene rings is 2. The number of hydrazine groups is 1. The zero-order valence-corrected chi connectivity index (χ0v) is 14.8. The molecule has 0 saturated heterocycles. The number of nitrogens with zero attached hydrogens (tertiary/aromatic N) is 1. The Kier molecular flexibility index (Phi) is 6.59. The average Bonchev–Trinajstić information content (AvgIpc) is 2.62. The first-order valence-electron chi connectivity index (χ1n) is 7.24. The summed E-state index contributed by atoms with van der Waals surface area (Å²) in [7, 11) is 0. The van der Waals surface area contributed by atoms with Gasteiger partial charge in [-0.25, -0.2) is 0 Å². The van der Waals surface area contributed by atoms with E-state index in [0.717, 1.165) is 5.56 Å². The molecule has 2 aromatic rings. The zero-order chi connectivity index (χ0) is 19.1. The van der Waals surface area contributed by atoms with Crippen molar-refractivity contribution < 1.29 is 14.5 Å². The molecule has 0 aromatic heterocycles. The van der Waals surface area contributed by atoms with Crippen molar-refractivity contribution in [2.24, 2.45) is 0 Å². The van der Waals surface area contributed by atoms with Crippen LogP contribution in [-0.4, -0.2) is 21.9 Å². The third kappa shape index (κ3) is 5.80. The van der Waals surface area contributed by atoms with Crippen molar-refractivity contribution in [2.45, 2.75) is 6.42 Å². The van der Waals surface area contributed by atoms with E-state index in [9.17, 15) is 19.7 Å². The van der Waals surface area contributed by atoms with E-state index in [1.165, 1.54) is 24.3 Å². The molecule has 0 aliphatic rings. The van der Waals surface area contributed by atoms with Gasteiger partial charge in [-0.15, -0.1) is 0 Å². The van der Waals surface area contributed by atoms with Crippen molar-refractivity contribution in [3.05, 3.63) is 74.8 Å². The molecule has 0 radical (unpaired) electrons. The number of nitrogens with one attached hydrogen (secondary N) is 3. The number of rotatable bonds is 4. The van der Waals surface area contributed by atoms with Gasteiger partial charge in [0.2, 0.25) is 5.91 Å². The first kappa shape index (κ1) is 19.3. The van der Waals surface area contributed by atoms with E-state index in [-0.39, 0.29) is 28.7 Å². The van der Waals surface area contributed by atoms with Gasteiger partial charge < -0.3 is 0 Å². The van der Waals surface area contributed by atoms with E-state index in [4.69, 9.17) is 23.8 Å². The molecule has 3 N–H and O–H groups in total. The number of halogens is 1. The second kappa shape index (κ2) is 8.88. The van der Waals surface area contributed by atoms with Crippen LogP contribution in [0.2, 0.25) is 5.02 Å². The summed E-state index contributed by atoms with van der Waals surface area (Å²) in [6.45, 7) is 0. The molecule has 0 fully saturated rings. The monoisotopic (exact) mass is 392 g/mol. The van der Waals surface area contributed by atoms with Gasteiger partial charge in [0.05, 0.1) is 11.3 Å². The number of non-ortho nitro benzene ring substituents is 1. The molecule has 0 heterocycles. The zero-order valence-electron chi connectivity index (χ0n) is 13.2. The second-order valence-corrected chi connectivity index (χ2v) is 5.91. The number of nitro groups is 1. The Labute approximate surface area is 158 Å². The quantitative estimate of drug-likeness (QED) is 0.417. The molecule has 8 nitrogen and oxygen atoms in total. The number of amides is 2. The van der Waals surface area contributed by atoms with Crippen molar-refractivity contribution in [3.8, 4) is 0 Å². The summed E-state index contributed by atoms with van der Waals surface area (Å²) in [4.78, 5) is 33.8. The third-order valence-electron chi connectivity index (χ3n) is 3.16. The van der Waals surface area contributed by atoms with Crippen molar-refractivity contribution in [1.29, 1.82) is 0 Å². The summed E-state index contributed by atoms with van der Waals surface area (Å²) in [6, 6.07) is 11.8. The van der Waals surface area contributed by atoms with E-state index in [0.29, 0.717) is 5.02 Å². The van der Waals surface area contributed by atoms with Gasteiger partial charge in [-0.2, -0.15) is 0 Å². The van der Waals surface area contributed by atoms with E-state index in [1.54, 1.807) is 24.3 Å². The number of carbonyl (C=O) groups is 2. The predicted molar refractivity (Wildman–Crippen MR) is 99.6 cm³/mol. The lowest BCUT2D eigenvalue weighted by molar-refractivity contribution is -0.384. The molecule has 0 atom stereocenters. The molecule has 0 spiro atoms. The molecular weight excluding hydrogens is 380 g/mol. The van der Waals surface area contributed by atoms with Crippen LogP contribution in [-0.2, 0) is 11.2 Å². The third-order valence-corrected chi connectivity index (χ3v) is 3.62. The lowest BCUT2D eigenvalue weighted by atomic mass is 10.1. The molecule has 134 valence electrons. The van der Waals surface area contributed by atoms with Crippen LogP contribution < -0.4 is 16.2 Å². The van der Waals surface area contributed by atoms with Gasteiger partial charge in [-0.05, 0) is 42.0 Å². The molecule has 0 aliphatic carbocycles. The van der Waals surface area contributed by atoms with E-state index in [2.05, 4.69) is 16.2 Å². The fraction of sp³-hybridized carbons (Fsp3) is 0.0625. The van der Waals surface area contributed by atoms with Gasteiger partial charge in [-0.3, -0.25) is 35.9 Å². The first-order valence-corrected chi connectivity index (χ1v) is 8.03. The van der Waals surface area contributed by atoms with Crippen LogP contribution >= 0.6 is 23.8 Å². The number of hydrogen-bond donors (Lipinski definition) is 3. The van der Waals surface area contributed by atoms with E-state index < -0.39 is 10.8 Å². The summed E-state index contributed by atoms with van der Waals surface area (Å²) >= 11 is 10.7. The number of nitro benzene ring substituents is 1. The maximum absolute atomic E-state index is 12.0. The SMILES string of the molecule is O=C(Cc1ccc(Cl)cc1)NNC(=S)NC(=O)c1ccc([N+](=O)[O-])cc1. The summed E-state index contributed by atoms with van der Waals surface area (Å²) < 4.78 is 0. The summed E-state index contributed by atoms with van der Waals surface area (Å²) in [6.07, 6.45) is 0.100. The molecule has 26 heavy (non-hydrogen) atoms. The summed E-state index contributed by atoms with van der Waals surface area (Å²) in [5.41, 5.74) is 5.59. The summed E-state index contributed by atoms with van der Waals surface area (Å²) in [5.74, 6) is -0.927. The molecule has 0 aliphatic heterocycles. The van der Waals surface area contributed by atoms with Gasteiger partial charge in [-0.1, -0.05) is 23.7 Å². The molecule has 0 unspecified atom stereocenters. The molecule has 0 bridgehead atoms. The van der Waals surface area contributed by atoms with Crippen molar-refractivity contribution in [3.63, 3.8) is 0 Å². The lowest BCUT2D eigenvalue weighted by Gasteiger charge is -2.11. The lowest BCUT2D eigenvalue weighted by Crippen LogP contribution is -2.48. The Bertz CT molecular complexity index is 840. The predicted octanol–water partition coefficient (Wildman–Crippen LogP) is 2.13. The van der Waals surface area contributed by atoms with Crippen LogP contribution in [0.25, 0.3) is 0 Å². The van der Waals surface area contributed by atoms with Crippen molar-refractivity contribution >= 4 is 46.4 Å². The topological polar surface area (TPSA) is 113 Å². The Balaban J connectivity index is 1.80. The van der Waals surface area contributed by atoms with Crippen molar-refractivity contribution in [1.82, 2.24) is 16.2 Å². The average molecular weight is 393 g/mol. The van der Waals surface area contributed by atoms with Crippen LogP contribution in [0, 0.1) is 10.1 Å². The highest BCUT2D eigenvalue weighted by Crippen LogP contribution is 2.12. The Morgan fingerprint density at radius 2 is 1.65 bits per heavy atom. The first-order chi connectivity index (χ1) is 12.3. The molecule has 10 heteroatoms. The highest BCUT2D eigenvalue weighted by atomic mass is 35.5. The fourth-order valence-corrected chi connectivity index (χ4v) is 2.17. The minimum Gasteiger partial charge on any atom is -0.298 e. The highest BCUT2D eigenvalue weighted by Gasteiger charge is 2.11. The molecular formula is C16H13ClN4O4S. The Hall–Kier alpha value is -3.04. The Morgan fingerprint density at radius 3 is 2.23 bits per heavy atom. The minimum absolute atomic E-state index is 0.100. The Morgan fingerprint density at radius 1 is 1.04 bits per heavy atom.